The van der Waals surface area contributed by atoms with E-state index in [9.17, 15) is 19.2 Å². The number of rotatable bonds is 14. The molecule has 0 bridgehead atoms. The molecule has 0 saturated heterocycles. The van der Waals surface area contributed by atoms with Gasteiger partial charge in [-0.05, 0) is 78.0 Å². The maximum Gasteiger partial charge on any atom is 0.408 e. The van der Waals surface area contributed by atoms with Crippen molar-refractivity contribution in [3.05, 3.63) is 34.9 Å². The molecule has 214 valence electrons. The first-order valence-electron chi connectivity index (χ1n) is 13.6. The summed E-state index contributed by atoms with van der Waals surface area (Å²) >= 11 is 0. The molecule has 2 unspecified atom stereocenters. The molecule has 9 heteroatoms. The molecule has 0 aliphatic heterocycles. The Hall–Kier alpha value is -3.10. The lowest BCUT2D eigenvalue weighted by atomic mass is 9.93. The van der Waals surface area contributed by atoms with E-state index < -0.39 is 35.6 Å². The van der Waals surface area contributed by atoms with Crippen molar-refractivity contribution in [2.45, 2.75) is 118 Å². The Kier molecular flexibility index (Phi) is 13.3. The highest BCUT2D eigenvalue weighted by atomic mass is 16.6. The molecule has 1 rings (SSSR count). The van der Waals surface area contributed by atoms with E-state index in [0.29, 0.717) is 13.0 Å². The number of aryl methyl sites for hydroxylation is 2. The fourth-order valence-corrected chi connectivity index (χ4v) is 4.32. The maximum atomic E-state index is 14.2. The molecule has 0 aliphatic rings. The molecular formula is C29H48N4O5. The van der Waals surface area contributed by atoms with Crippen molar-refractivity contribution in [2.75, 3.05) is 6.54 Å². The molecule has 0 spiro atoms. The van der Waals surface area contributed by atoms with Gasteiger partial charge in [0, 0.05) is 19.0 Å². The summed E-state index contributed by atoms with van der Waals surface area (Å²) in [4.78, 5) is 53.7. The normalized spacial score (nSPS) is 13.0. The van der Waals surface area contributed by atoms with Gasteiger partial charge in [-0.15, -0.1) is 0 Å². The molecule has 4 amide bonds. The van der Waals surface area contributed by atoms with Crippen molar-refractivity contribution in [3.8, 4) is 0 Å². The molecule has 0 fully saturated rings. The number of carbonyl (C=O) groups is 4. The van der Waals surface area contributed by atoms with Gasteiger partial charge in [0.1, 0.15) is 17.7 Å². The van der Waals surface area contributed by atoms with Gasteiger partial charge in [0.05, 0.1) is 0 Å². The largest absolute Gasteiger partial charge is 0.444 e. The van der Waals surface area contributed by atoms with Gasteiger partial charge in [-0.2, -0.15) is 0 Å². The Morgan fingerprint density at radius 1 is 1.00 bits per heavy atom. The number of nitrogens with one attached hydrogen (secondary N) is 2. The standard InChI is InChI=1S/C29H48N4O5/c1-9-10-11-12-18-33(25(26(35)31-19(2)3)24-20(4)14-13-15-21(24)5)27(36)22(16-17-23(30)34)32-28(37)38-29(6,7)8/h13-15,19,22,25H,9-12,16-18H2,1-8H3,(H2,30,34)(H,31,35)(H,32,37). The highest BCUT2D eigenvalue weighted by Crippen LogP contribution is 2.29. The van der Waals surface area contributed by atoms with Crippen LogP contribution in [0.1, 0.15) is 103 Å². The predicted octanol–water partition coefficient (Wildman–Crippen LogP) is 4.44. The summed E-state index contributed by atoms with van der Waals surface area (Å²) in [6.45, 7) is 15.2. The third-order valence-corrected chi connectivity index (χ3v) is 6.01. The average Bonchev–Trinajstić information content (AvgIpc) is 2.77. The van der Waals surface area contributed by atoms with Gasteiger partial charge in [0.25, 0.3) is 0 Å². The molecule has 0 radical (unpaired) electrons. The van der Waals surface area contributed by atoms with Gasteiger partial charge in [-0.3, -0.25) is 14.4 Å². The summed E-state index contributed by atoms with van der Waals surface area (Å²) in [6, 6.07) is 3.60. The fraction of sp³-hybridized carbons (Fsp3) is 0.655. The first-order chi connectivity index (χ1) is 17.7. The number of primary amides is 1. The van der Waals surface area contributed by atoms with Gasteiger partial charge in [0.15, 0.2) is 0 Å². The Morgan fingerprint density at radius 3 is 2.11 bits per heavy atom. The summed E-state index contributed by atoms with van der Waals surface area (Å²) in [5.41, 5.74) is 7.12. The quantitative estimate of drug-likeness (QED) is 0.305. The van der Waals surface area contributed by atoms with E-state index in [1.165, 1.54) is 0 Å². The van der Waals surface area contributed by atoms with Crippen molar-refractivity contribution in [3.63, 3.8) is 0 Å². The number of unbranched alkanes of at least 4 members (excludes halogenated alkanes) is 3. The van der Waals surface area contributed by atoms with E-state index in [2.05, 4.69) is 17.6 Å². The topological polar surface area (TPSA) is 131 Å². The minimum absolute atomic E-state index is 0.00978. The number of hydrogen-bond donors (Lipinski definition) is 3. The molecule has 2 atom stereocenters. The minimum atomic E-state index is -1.10. The Morgan fingerprint density at radius 2 is 1.61 bits per heavy atom. The summed E-state index contributed by atoms with van der Waals surface area (Å²) in [6.07, 6.45) is 2.69. The lowest BCUT2D eigenvalue weighted by Gasteiger charge is -2.36. The summed E-state index contributed by atoms with van der Waals surface area (Å²) in [7, 11) is 0. The first-order valence-corrected chi connectivity index (χ1v) is 13.6. The van der Waals surface area contributed by atoms with Crippen LogP contribution in [-0.4, -0.2) is 52.9 Å². The first kappa shape index (κ1) is 32.9. The number of nitrogens with zero attached hydrogens (tertiary/aromatic N) is 1. The van der Waals surface area contributed by atoms with Crippen molar-refractivity contribution in [2.24, 2.45) is 5.73 Å². The molecule has 4 N–H and O–H groups in total. The molecule has 0 heterocycles. The molecule has 0 saturated carbocycles. The maximum absolute atomic E-state index is 14.2. The zero-order valence-corrected chi connectivity index (χ0v) is 24.5. The van der Waals surface area contributed by atoms with Crippen LogP contribution in [0.25, 0.3) is 0 Å². The summed E-state index contributed by atoms with van der Waals surface area (Å²) < 4.78 is 5.39. The van der Waals surface area contributed by atoms with E-state index in [-0.39, 0.29) is 24.8 Å². The zero-order valence-electron chi connectivity index (χ0n) is 24.5. The second-order valence-corrected chi connectivity index (χ2v) is 11.2. The summed E-state index contributed by atoms with van der Waals surface area (Å²) in [5.74, 6) is -1.35. The van der Waals surface area contributed by atoms with Crippen LogP contribution in [0.2, 0.25) is 0 Å². The van der Waals surface area contributed by atoms with Gasteiger partial charge < -0.3 is 26.0 Å². The Bertz CT molecular complexity index is 935. The lowest BCUT2D eigenvalue weighted by molar-refractivity contribution is -0.143. The minimum Gasteiger partial charge on any atom is -0.444 e. The highest BCUT2D eigenvalue weighted by molar-refractivity contribution is 5.93. The SMILES string of the molecule is CCCCCCN(C(=O)C(CCC(N)=O)NC(=O)OC(C)(C)C)C(C(=O)NC(C)C)c1c(C)cccc1C. The van der Waals surface area contributed by atoms with Crippen LogP contribution in [0.15, 0.2) is 18.2 Å². The van der Waals surface area contributed by atoms with E-state index in [0.717, 1.165) is 36.0 Å². The van der Waals surface area contributed by atoms with Gasteiger partial charge >= 0.3 is 6.09 Å². The molecule has 1 aromatic rings. The second kappa shape index (κ2) is 15.3. The predicted molar refractivity (Wildman–Crippen MR) is 149 cm³/mol. The van der Waals surface area contributed by atoms with Crippen LogP contribution in [0.5, 0.6) is 0 Å². The number of amides is 4. The van der Waals surface area contributed by atoms with Crippen LogP contribution < -0.4 is 16.4 Å². The number of alkyl carbamates (subject to hydrolysis) is 1. The molecule has 0 aliphatic carbocycles. The van der Waals surface area contributed by atoms with Crippen molar-refractivity contribution in [1.82, 2.24) is 15.5 Å². The highest BCUT2D eigenvalue weighted by Gasteiger charge is 2.37. The second-order valence-electron chi connectivity index (χ2n) is 11.2. The average molecular weight is 533 g/mol. The third-order valence-electron chi connectivity index (χ3n) is 6.01. The third kappa shape index (κ3) is 11.1. The van der Waals surface area contributed by atoms with Crippen molar-refractivity contribution in [1.29, 1.82) is 0 Å². The number of hydrogen-bond acceptors (Lipinski definition) is 5. The number of nitrogens with two attached hydrogens (primary N) is 1. The zero-order chi connectivity index (χ0) is 29.0. The molecule has 9 nitrogen and oxygen atoms in total. The summed E-state index contributed by atoms with van der Waals surface area (Å²) in [5, 5.41) is 5.61. The van der Waals surface area contributed by atoms with Gasteiger partial charge in [0.2, 0.25) is 17.7 Å². The lowest BCUT2D eigenvalue weighted by Crippen LogP contribution is -2.54. The molecule has 0 aromatic heterocycles. The van der Waals surface area contributed by atoms with Crippen LogP contribution >= 0.6 is 0 Å². The van der Waals surface area contributed by atoms with Crippen LogP contribution in [-0.2, 0) is 19.1 Å². The molecule has 38 heavy (non-hydrogen) atoms. The number of ether oxygens (including phenoxy) is 1. The smallest absolute Gasteiger partial charge is 0.408 e. The Balaban J connectivity index is 3.59. The van der Waals surface area contributed by atoms with Crippen LogP contribution in [0, 0.1) is 13.8 Å². The van der Waals surface area contributed by atoms with E-state index in [1.807, 2.05) is 45.9 Å². The van der Waals surface area contributed by atoms with E-state index >= 15 is 0 Å². The molecule has 1 aromatic carbocycles. The van der Waals surface area contributed by atoms with Crippen LogP contribution in [0.3, 0.4) is 0 Å². The Labute approximate surface area is 228 Å². The van der Waals surface area contributed by atoms with E-state index in [1.54, 1.807) is 25.7 Å². The van der Waals surface area contributed by atoms with Gasteiger partial charge in [-0.25, -0.2) is 4.79 Å². The number of carbonyl (C=O) groups excluding carboxylic acids is 4. The van der Waals surface area contributed by atoms with Crippen molar-refractivity contribution >= 4 is 23.8 Å². The molecular weight excluding hydrogens is 484 g/mol. The fourth-order valence-electron chi connectivity index (χ4n) is 4.32. The van der Waals surface area contributed by atoms with Crippen molar-refractivity contribution < 1.29 is 23.9 Å². The number of benzene rings is 1. The van der Waals surface area contributed by atoms with E-state index in [4.69, 9.17) is 10.5 Å². The monoisotopic (exact) mass is 532 g/mol. The van der Waals surface area contributed by atoms with Crippen LogP contribution in [0.4, 0.5) is 4.79 Å². The van der Waals surface area contributed by atoms with Gasteiger partial charge in [-0.1, -0.05) is 44.4 Å².